The van der Waals surface area contributed by atoms with Gasteiger partial charge in [0.1, 0.15) is 18.5 Å². The maximum absolute atomic E-state index is 14.8. The molecular formula is C17H18FN5O. The molecule has 0 radical (unpaired) electrons. The van der Waals surface area contributed by atoms with Crippen molar-refractivity contribution in [3.8, 4) is 11.4 Å². The first kappa shape index (κ1) is 15.0. The molecular weight excluding hydrogens is 309 g/mol. The summed E-state index contributed by atoms with van der Waals surface area (Å²) in [5.74, 6) is 0.189. The Morgan fingerprint density at radius 3 is 2.79 bits per heavy atom. The van der Waals surface area contributed by atoms with Gasteiger partial charge in [0.15, 0.2) is 5.82 Å². The number of primary amides is 1. The Bertz CT molecular complexity index is 808. The zero-order valence-electron chi connectivity index (χ0n) is 13.4. The van der Waals surface area contributed by atoms with Crippen molar-refractivity contribution in [3.05, 3.63) is 41.7 Å². The van der Waals surface area contributed by atoms with Crippen LogP contribution in [-0.2, 0) is 5.54 Å². The second kappa shape index (κ2) is 5.22. The number of amides is 2. The van der Waals surface area contributed by atoms with E-state index < -0.39 is 11.6 Å². The Morgan fingerprint density at radius 1 is 1.38 bits per heavy atom. The average Bonchev–Trinajstić information content (AvgIpc) is 2.55. The van der Waals surface area contributed by atoms with Gasteiger partial charge in [0, 0.05) is 17.2 Å². The number of aromatic nitrogens is 3. The maximum atomic E-state index is 14.8. The van der Waals surface area contributed by atoms with Gasteiger partial charge in [0.2, 0.25) is 0 Å². The first-order valence-electron chi connectivity index (χ1n) is 8.05. The minimum atomic E-state index is -0.631. The lowest BCUT2D eigenvalue weighted by atomic mass is 9.64. The van der Waals surface area contributed by atoms with Gasteiger partial charge in [-0.05, 0) is 50.3 Å². The average molecular weight is 327 g/mol. The van der Waals surface area contributed by atoms with Crippen LogP contribution in [0, 0.1) is 12.7 Å². The summed E-state index contributed by atoms with van der Waals surface area (Å²) >= 11 is 0. The number of carbonyl (C=O) groups excluding carboxylic acids is 1. The van der Waals surface area contributed by atoms with Gasteiger partial charge in [0.25, 0.3) is 0 Å². The molecule has 2 saturated heterocycles. The van der Waals surface area contributed by atoms with Crippen LogP contribution in [0.1, 0.15) is 36.8 Å². The van der Waals surface area contributed by atoms with Gasteiger partial charge in [-0.15, -0.1) is 0 Å². The number of aryl methyl sites for hydroxylation is 1. The first-order chi connectivity index (χ1) is 11.5. The normalized spacial score (nSPS) is 25.2. The molecule has 6 nitrogen and oxygen atoms in total. The third-order valence-electron chi connectivity index (χ3n) is 5.31. The van der Waals surface area contributed by atoms with Crippen LogP contribution < -0.4 is 5.73 Å². The standard InChI is InChI=1S/C17H18FN5O/c1-10-5-14(18)13(6-12(10)15-21-8-20-9-22-15)17-4-2-3-11(7-17)23(17)16(19)24/h5-6,8-9,11H,2-4,7H2,1H3,(H2,19,24). The number of nitrogens with two attached hydrogens (primary N) is 1. The number of hydrogen-bond acceptors (Lipinski definition) is 4. The molecule has 1 aromatic carbocycles. The Labute approximate surface area is 138 Å². The third kappa shape index (κ3) is 2.00. The van der Waals surface area contributed by atoms with Gasteiger partial charge in [-0.1, -0.05) is 0 Å². The first-order valence-corrected chi connectivity index (χ1v) is 8.05. The van der Waals surface area contributed by atoms with E-state index in [0.29, 0.717) is 11.4 Å². The van der Waals surface area contributed by atoms with Gasteiger partial charge in [-0.3, -0.25) is 0 Å². The van der Waals surface area contributed by atoms with E-state index in [1.54, 1.807) is 11.0 Å². The van der Waals surface area contributed by atoms with Crippen LogP contribution in [0.4, 0.5) is 9.18 Å². The molecule has 124 valence electrons. The lowest BCUT2D eigenvalue weighted by Crippen LogP contribution is -2.69. The minimum absolute atomic E-state index is 0.123. The molecule has 2 unspecified atom stereocenters. The number of halogens is 1. The molecule has 2 aromatic rings. The zero-order chi connectivity index (χ0) is 16.9. The monoisotopic (exact) mass is 327 g/mol. The molecule has 1 aromatic heterocycles. The minimum Gasteiger partial charge on any atom is -0.351 e. The van der Waals surface area contributed by atoms with Crippen molar-refractivity contribution in [2.75, 3.05) is 0 Å². The summed E-state index contributed by atoms with van der Waals surface area (Å²) in [6, 6.07) is 2.91. The van der Waals surface area contributed by atoms with Crippen molar-refractivity contribution < 1.29 is 9.18 Å². The van der Waals surface area contributed by atoms with Gasteiger partial charge in [-0.25, -0.2) is 24.1 Å². The van der Waals surface area contributed by atoms with Crippen molar-refractivity contribution >= 4 is 6.03 Å². The van der Waals surface area contributed by atoms with Crippen molar-refractivity contribution in [2.24, 2.45) is 5.73 Å². The summed E-state index contributed by atoms with van der Waals surface area (Å²) in [7, 11) is 0. The smallest absolute Gasteiger partial charge is 0.315 e. The van der Waals surface area contributed by atoms with Crippen LogP contribution in [0.2, 0.25) is 0 Å². The molecule has 5 rings (SSSR count). The Balaban J connectivity index is 1.85. The molecule has 2 atom stereocenters. The predicted molar refractivity (Wildman–Crippen MR) is 85.3 cm³/mol. The zero-order valence-corrected chi connectivity index (χ0v) is 13.4. The SMILES string of the molecule is Cc1cc(F)c(C23CCCC(C2)N3C(N)=O)cc1-c1ncncn1. The van der Waals surface area contributed by atoms with Gasteiger partial charge < -0.3 is 10.6 Å². The lowest BCUT2D eigenvalue weighted by Gasteiger charge is -2.61. The molecule has 2 bridgehead atoms. The van der Waals surface area contributed by atoms with E-state index in [-0.39, 0.29) is 11.9 Å². The fourth-order valence-electron chi connectivity index (χ4n) is 4.31. The topological polar surface area (TPSA) is 85.0 Å². The summed E-state index contributed by atoms with van der Waals surface area (Å²) in [6.07, 6.45) is 6.20. The van der Waals surface area contributed by atoms with Crippen molar-refractivity contribution in [1.82, 2.24) is 19.9 Å². The van der Waals surface area contributed by atoms with Crippen molar-refractivity contribution in [3.63, 3.8) is 0 Å². The largest absolute Gasteiger partial charge is 0.351 e. The summed E-state index contributed by atoms with van der Waals surface area (Å²) in [6.45, 7) is 1.82. The fraction of sp³-hybridized carbons (Fsp3) is 0.412. The van der Waals surface area contributed by atoms with Crippen molar-refractivity contribution in [2.45, 2.75) is 44.2 Å². The number of carbonyl (C=O) groups is 1. The van der Waals surface area contributed by atoms with E-state index in [1.807, 2.05) is 6.92 Å². The summed E-state index contributed by atoms with van der Waals surface area (Å²) in [4.78, 5) is 25.7. The Kier molecular flexibility index (Phi) is 3.26. The molecule has 1 saturated carbocycles. The molecule has 24 heavy (non-hydrogen) atoms. The summed E-state index contributed by atoms with van der Waals surface area (Å²) in [5, 5.41) is 0. The molecule has 3 heterocycles. The third-order valence-corrected chi connectivity index (χ3v) is 5.31. The number of benzene rings is 1. The highest BCUT2D eigenvalue weighted by molar-refractivity contribution is 5.76. The van der Waals surface area contributed by atoms with Gasteiger partial charge >= 0.3 is 6.03 Å². The van der Waals surface area contributed by atoms with Crippen LogP contribution in [-0.4, -0.2) is 31.9 Å². The maximum Gasteiger partial charge on any atom is 0.315 e. The molecule has 2 aliphatic heterocycles. The van der Waals surface area contributed by atoms with E-state index in [2.05, 4.69) is 15.0 Å². The van der Waals surface area contributed by atoms with Gasteiger partial charge in [-0.2, -0.15) is 0 Å². The number of hydrogen-bond donors (Lipinski definition) is 1. The number of nitrogens with zero attached hydrogens (tertiary/aromatic N) is 4. The summed E-state index contributed by atoms with van der Waals surface area (Å²) in [5.41, 5.74) is 6.95. The highest BCUT2D eigenvalue weighted by Gasteiger charge is 2.57. The molecule has 1 aliphatic carbocycles. The number of fused-ring (bicyclic) bond motifs is 2. The van der Waals surface area contributed by atoms with E-state index in [4.69, 9.17) is 5.73 Å². The number of rotatable bonds is 2. The van der Waals surface area contributed by atoms with Crippen molar-refractivity contribution in [1.29, 1.82) is 0 Å². The van der Waals surface area contributed by atoms with Crippen LogP contribution in [0.25, 0.3) is 11.4 Å². The van der Waals surface area contributed by atoms with Crippen LogP contribution >= 0.6 is 0 Å². The molecule has 0 spiro atoms. The molecule has 2 N–H and O–H groups in total. The fourth-order valence-corrected chi connectivity index (χ4v) is 4.31. The number of urea groups is 1. The molecule has 3 aliphatic rings. The lowest BCUT2D eigenvalue weighted by molar-refractivity contribution is -0.0785. The second-order valence-electron chi connectivity index (χ2n) is 6.60. The van der Waals surface area contributed by atoms with Gasteiger partial charge in [0.05, 0.1) is 5.54 Å². The molecule has 2 amide bonds. The quantitative estimate of drug-likeness (QED) is 0.918. The molecule has 3 fully saturated rings. The van der Waals surface area contributed by atoms with E-state index in [1.165, 1.54) is 18.7 Å². The highest BCUT2D eigenvalue weighted by Crippen LogP contribution is 2.54. The Morgan fingerprint density at radius 2 is 2.12 bits per heavy atom. The predicted octanol–water partition coefficient (Wildman–Crippen LogP) is 2.52. The summed E-state index contributed by atoms with van der Waals surface area (Å²) < 4.78 is 14.8. The second-order valence-corrected chi connectivity index (χ2v) is 6.60. The highest BCUT2D eigenvalue weighted by atomic mass is 19.1. The Hall–Kier alpha value is -2.57. The molecule has 7 heteroatoms. The van der Waals surface area contributed by atoms with Crippen LogP contribution in [0.15, 0.2) is 24.8 Å². The van der Waals surface area contributed by atoms with E-state index in [9.17, 15) is 9.18 Å². The van der Waals surface area contributed by atoms with Crippen LogP contribution in [0.3, 0.4) is 0 Å². The van der Waals surface area contributed by atoms with Crippen LogP contribution in [0.5, 0.6) is 0 Å². The van der Waals surface area contributed by atoms with E-state index in [0.717, 1.165) is 36.8 Å². The van der Waals surface area contributed by atoms with E-state index >= 15 is 0 Å². The number of piperidine rings is 1.